The van der Waals surface area contributed by atoms with Gasteiger partial charge in [-0.3, -0.25) is 4.79 Å². The van der Waals surface area contributed by atoms with E-state index in [-0.39, 0.29) is 23.3 Å². The van der Waals surface area contributed by atoms with Crippen molar-refractivity contribution >= 4 is 27.3 Å². The van der Waals surface area contributed by atoms with Gasteiger partial charge in [0.2, 0.25) is 15.9 Å². The van der Waals surface area contributed by atoms with Gasteiger partial charge >= 0.3 is 0 Å². The molecule has 0 spiro atoms. The first-order valence-corrected chi connectivity index (χ1v) is 15.0. The highest BCUT2D eigenvalue weighted by molar-refractivity contribution is 7.89. The topological polar surface area (TPSA) is 81.8 Å². The van der Waals surface area contributed by atoms with E-state index in [2.05, 4.69) is 32.8 Å². The molecule has 1 saturated heterocycles. The van der Waals surface area contributed by atoms with E-state index in [0.717, 1.165) is 63.1 Å². The quantitative estimate of drug-likeness (QED) is 0.450. The van der Waals surface area contributed by atoms with E-state index in [1.165, 1.54) is 5.56 Å². The number of nitrogens with zero attached hydrogens (tertiary/aromatic N) is 2. The third-order valence-corrected chi connectivity index (χ3v) is 9.07. The summed E-state index contributed by atoms with van der Waals surface area (Å²) in [5.74, 6) is -0.182. The van der Waals surface area contributed by atoms with Gasteiger partial charge in [0.05, 0.1) is 12.1 Å². The monoisotopic (exact) mass is 532 g/mol. The minimum absolute atomic E-state index is 0.182. The van der Waals surface area contributed by atoms with E-state index in [4.69, 9.17) is 0 Å². The molecule has 5 rings (SSSR count). The molecule has 1 fully saturated rings. The van der Waals surface area contributed by atoms with Gasteiger partial charge in [0, 0.05) is 37.9 Å². The van der Waals surface area contributed by atoms with Crippen molar-refractivity contribution in [3.63, 3.8) is 0 Å². The van der Waals surface area contributed by atoms with Gasteiger partial charge < -0.3 is 15.1 Å². The van der Waals surface area contributed by atoms with Crippen LogP contribution in [-0.2, 0) is 27.7 Å². The van der Waals surface area contributed by atoms with Gasteiger partial charge in [0.1, 0.15) is 4.90 Å². The SMILES string of the molecule is CCN1CCN(c2ccc(NC(=O)Cc3ccccc3)cc2S(=O)(=O)N[C@H]2CCCc3ccccc32)CC1. The van der Waals surface area contributed by atoms with Crippen LogP contribution in [0.2, 0.25) is 0 Å². The van der Waals surface area contributed by atoms with Crippen LogP contribution in [0.4, 0.5) is 11.4 Å². The molecular weight excluding hydrogens is 496 g/mol. The van der Waals surface area contributed by atoms with E-state index < -0.39 is 10.0 Å². The van der Waals surface area contributed by atoms with Gasteiger partial charge in [-0.1, -0.05) is 61.5 Å². The number of likely N-dealkylation sites (N-methyl/N-ethyl adjacent to an activating group) is 1. The number of carbonyl (C=O) groups is 1. The molecule has 7 nitrogen and oxygen atoms in total. The van der Waals surface area contributed by atoms with Crippen LogP contribution in [0.1, 0.15) is 42.5 Å². The highest BCUT2D eigenvalue weighted by Crippen LogP contribution is 2.34. The maximum Gasteiger partial charge on any atom is 0.243 e. The molecule has 1 heterocycles. The van der Waals surface area contributed by atoms with Gasteiger partial charge in [-0.2, -0.15) is 0 Å². The summed E-state index contributed by atoms with van der Waals surface area (Å²) in [6.45, 7) is 6.40. The Kier molecular flexibility index (Phi) is 8.12. The molecule has 0 radical (unpaired) electrons. The van der Waals surface area contributed by atoms with Crippen molar-refractivity contribution in [2.24, 2.45) is 0 Å². The summed E-state index contributed by atoms with van der Waals surface area (Å²) >= 11 is 0. The second-order valence-electron chi connectivity index (χ2n) is 10.1. The average Bonchev–Trinajstić information content (AvgIpc) is 2.94. The number of hydrogen-bond donors (Lipinski definition) is 2. The lowest BCUT2D eigenvalue weighted by Crippen LogP contribution is -2.46. The summed E-state index contributed by atoms with van der Waals surface area (Å²) in [4.78, 5) is 17.5. The molecule has 3 aromatic rings. The number of carbonyl (C=O) groups excluding carboxylic acids is 1. The standard InChI is InChI=1S/C30H36N4O3S/c1-2-33-17-19-34(20-18-33)28-16-15-25(31-30(35)21-23-9-4-3-5-10-23)22-29(28)38(36,37)32-27-14-8-12-24-11-6-7-13-26(24)27/h3-7,9-11,13,15-16,22,27,32H,2,8,12,14,17-21H2,1H3,(H,31,35)/t27-/m0/s1. The van der Waals surface area contributed by atoms with Gasteiger partial charge in [-0.25, -0.2) is 13.1 Å². The number of fused-ring (bicyclic) bond motifs is 1. The minimum atomic E-state index is -3.88. The van der Waals surface area contributed by atoms with Crippen molar-refractivity contribution in [1.82, 2.24) is 9.62 Å². The third-order valence-electron chi connectivity index (χ3n) is 7.57. The Morgan fingerprint density at radius 3 is 2.45 bits per heavy atom. The molecule has 1 atom stereocenters. The molecule has 0 bridgehead atoms. The lowest BCUT2D eigenvalue weighted by Gasteiger charge is -2.36. The van der Waals surface area contributed by atoms with Crippen molar-refractivity contribution in [1.29, 1.82) is 0 Å². The van der Waals surface area contributed by atoms with Crippen LogP contribution in [0, 0.1) is 0 Å². The molecule has 0 saturated carbocycles. The van der Waals surface area contributed by atoms with Crippen molar-refractivity contribution < 1.29 is 13.2 Å². The highest BCUT2D eigenvalue weighted by atomic mass is 32.2. The molecule has 200 valence electrons. The lowest BCUT2D eigenvalue weighted by molar-refractivity contribution is -0.115. The first-order valence-electron chi connectivity index (χ1n) is 13.5. The Morgan fingerprint density at radius 1 is 0.947 bits per heavy atom. The number of anilines is 2. The van der Waals surface area contributed by atoms with Crippen molar-refractivity contribution in [2.45, 2.75) is 43.5 Å². The molecule has 3 aromatic carbocycles. The van der Waals surface area contributed by atoms with Crippen molar-refractivity contribution in [3.05, 3.63) is 89.5 Å². The maximum absolute atomic E-state index is 14.0. The largest absolute Gasteiger partial charge is 0.368 e. The Bertz CT molecular complexity index is 1370. The Balaban J connectivity index is 1.43. The summed E-state index contributed by atoms with van der Waals surface area (Å²) in [5, 5.41) is 2.91. The van der Waals surface area contributed by atoms with Crippen molar-refractivity contribution in [2.75, 3.05) is 42.9 Å². The minimum Gasteiger partial charge on any atom is -0.368 e. The van der Waals surface area contributed by atoms with Crippen molar-refractivity contribution in [3.8, 4) is 0 Å². The molecule has 1 amide bonds. The molecule has 2 aliphatic rings. The smallest absolute Gasteiger partial charge is 0.243 e. The van der Waals surface area contributed by atoms with Gasteiger partial charge in [-0.15, -0.1) is 0 Å². The number of aryl methyl sites for hydroxylation is 1. The van der Waals surface area contributed by atoms with E-state index in [9.17, 15) is 13.2 Å². The van der Waals surface area contributed by atoms with Gasteiger partial charge in [-0.05, 0) is 60.7 Å². The number of hydrogen-bond acceptors (Lipinski definition) is 5. The normalized spacial score (nSPS) is 18.1. The fourth-order valence-electron chi connectivity index (χ4n) is 5.49. The van der Waals surface area contributed by atoms with Crippen LogP contribution in [0.5, 0.6) is 0 Å². The summed E-state index contributed by atoms with van der Waals surface area (Å²) in [5.41, 5.74) is 4.31. The summed E-state index contributed by atoms with van der Waals surface area (Å²) in [6.07, 6.45) is 2.88. The summed E-state index contributed by atoms with van der Waals surface area (Å²) in [7, 11) is -3.88. The first kappa shape index (κ1) is 26.4. The van der Waals surface area contributed by atoms with Crippen LogP contribution in [0.3, 0.4) is 0 Å². The van der Waals surface area contributed by atoms with E-state index in [0.29, 0.717) is 11.4 Å². The van der Waals surface area contributed by atoms with Crippen LogP contribution in [0.25, 0.3) is 0 Å². The predicted octanol–water partition coefficient (Wildman–Crippen LogP) is 4.37. The Morgan fingerprint density at radius 2 is 1.68 bits per heavy atom. The maximum atomic E-state index is 14.0. The lowest BCUT2D eigenvalue weighted by atomic mass is 9.88. The fourth-order valence-corrected chi connectivity index (χ4v) is 6.99. The molecule has 8 heteroatoms. The highest BCUT2D eigenvalue weighted by Gasteiger charge is 2.30. The number of nitrogens with one attached hydrogen (secondary N) is 2. The Labute approximate surface area is 225 Å². The second-order valence-corrected chi connectivity index (χ2v) is 11.8. The molecule has 0 unspecified atom stereocenters. The number of piperazine rings is 1. The van der Waals surface area contributed by atoms with Crippen LogP contribution < -0.4 is 14.9 Å². The zero-order chi connectivity index (χ0) is 26.5. The summed E-state index contributed by atoms with van der Waals surface area (Å²) in [6, 6.07) is 22.6. The molecule has 38 heavy (non-hydrogen) atoms. The molecule has 1 aliphatic carbocycles. The van der Waals surface area contributed by atoms with Crippen LogP contribution in [0.15, 0.2) is 77.7 Å². The number of rotatable bonds is 8. The van der Waals surface area contributed by atoms with Gasteiger partial charge in [0.15, 0.2) is 0 Å². The fraction of sp³-hybridized carbons (Fsp3) is 0.367. The zero-order valence-corrected chi connectivity index (χ0v) is 22.7. The predicted molar refractivity (Wildman–Crippen MR) is 152 cm³/mol. The number of benzene rings is 3. The van der Waals surface area contributed by atoms with Crippen LogP contribution >= 0.6 is 0 Å². The average molecular weight is 533 g/mol. The zero-order valence-electron chi connectivity index (χ0n) is 21.9. The molecule has 0 aromatic heterocycles. The first-order chi connectivity index (χ1) is 18.4. The third kappa shape index (κ3) is 6.09. The Hall–Kier alpha value is -3.20. The number of amides is 1. The molecule has 1 aliphatic heterocycles. The van der Waals surface area contributed by atoms with E-state index in [1.54, 1.807) is 12.1 Å². The molecular formula is C30H36N4O3S. The number of sulfonamides is 1. The van der Waals surface area contributed by atoms with E-state index in [1.807, 2.05) is 54.6 Å². The van der Waals surface area contributed by atoms with Crippen LogP contribution in [-0.4, -0.2) is 51.9 Å². The van der Waals surface area contributed by atoms with Gasteiger partial charge in [0.25, 0.3) is 0 Å². The second kappa shape index (κ2) is 11.7. The van der Waals surface area contributed by atoms with E-state index >= 15 is 0 Å². The summed E-state index contributed by atoms with van der Waals surface area (Å²) < 4.78 is 30.9. The molecule has 2 N–H and O–H groups in total.